The van der Waals surface area contributed by atoms with Gasteiger partial charge in [0, 0.05) is 22.7 Å². The summed E-state index contributed by atoms with van der Waals surface area (Å²) in [6, 6.07) is 10.1. The lowest BCUT2D eigenvalue weighted by molar-refractivity contribution is 0.904. The monoisotopic (exact) mass is 283 g/mol. The van der Waals surface area contributed by atoms with Crippen LogP contribution in [0.2, 0.25) is 5.15 Å². The van der Waals surface area contributed by atoms with Gasteiger partial charge in [0.05, 0.1) is 11.2 Å². The van der Waals surface area contributed by atoms with Crippen molar-refractivity contribution in [3.05, 3.63) is 53.6 Å². The molecule has 0 spiro atoms. The molecule has 0 aliphatic heterocycles. The predicted molar refractivity (Wildman–Crippen MR) is 81.8 cm³/mol. The van der Waals surface area contributed by atoms with Gasteiger partial charge in [0.25, 0.3) is 0 Å². The van der Waals surface area contributed by atoms with E-state index >= 15 is 0 Å². The van der Waals surface area contributed by atoms with Crippen molar-refractivity contribution in [3.8, 4) is 11.3 Å². The molecule has 0 amide bonds. The van der Waals surface area contributed by atoms with E-state index in [4.69, 9.17) is 11.6 Å². The standard InChI is InChI=1S/C16H14ClN3/c1-2-5-13-15(19-10-20-16(13)17)12-6-3-8-14-11(12)7-4-9-18-14/h3-4,6-10H,2,5H2,1H3. The molecular weight excluding hydrogens is 270 g/mol. The number of hydrogen-bond acceptors (Lipinski definition) is 3. The number of rotatable bonds is 3. The van der Waals surface area contributed by atoms with Crippen molar-refractivity contribution < 1.29 is 0 Å². The Balaban J connectivity index is 2.28. The number of nitrogens with zero attached hydrogens (tertiary/aromatic N) is 3. The minimum atomic E-state index is 0.540. The molecule has 0 unspecified atom stereocenters. The Hall–Kier alpha value is -2.00. The highest BCUT2D eigenvalue weighted by Crippen LogP contribution is 2.31. The zero-order valence-corrected chi connectivity index (χ0v) is 11.9. The number of benzene rings is 1. The van der Waals surface area contributed by atoms with Crippen LogP contribution in [-0.2, 0) is 6.42 Å². The van der Waals surface area contributed by atoms with Crippen molar-refractivity contribution in [2.75, 3.05) is 0 Å². The van der Waals surface area contributed by atoms with Gasteiger partial charge in [0.1, 0.15) is 11.5 Å². The van der Waals surface area contributed by atoms with Crippen LogP contribution in [0, 0.1) is 0 Å². The van der Waals surface area contributed by atoms with E-state index in [9.17, 15) is 0 Å². The molecule has 0 atom stereocenters. The van der Waals surface area contributed by atoms with Crippen molar-refractivity contribution in [2.45, 2.75) is 19.8 Å². The van der Waals surface area contributed by atoms with Crippen LogP contribution in [-0.4, -0.2) is 15.0 Å². The van der Waals surface area contributed by atoms with Gasteiger partial charge in [0.2, 0.25) is 0 Å². The fraction of sp³-hybridized carbons (Fsp3) is 0.188. The molecule has 0 bridgehead atoms. The zero-order chi connectivity index (χ0) is 13.9. The first-order chi connectivity index (χ1) is 9.81. The highest BCUT2D eigenvalue weighted by molar-refractivity contribution is 6.30. The Kier molecular flexibility index (Phi) is 3.61. The summed E-state index contributed by atoms with van der Waals surface area (Å²) in [7, 11) is 0. The van der Waals surface area contributed by atoms with Crippen molar-refractivity contribution in [1.29, 1.82) is 0 Å². The van der Waals surface area contributed by atoms with Gasteiger partial charge in [-0.3, -0.25) is 4.98 Å². The Bertz CT molecular complexity index is 750. The lowest BCUT2D eigenvalue weighted by Crippen LogP contribution is -1.97. The van der Waals surface area contributed by atoms with Crippen molar-refractivity contribution in [3.63, 3.8) is 0 Å². The molecule has 0 N–H and O–H groups in total. The molecule has 4 heteroatoms. The van der Waals surface area contributed by atoms with Crippen molar-refractivity contribution in [1.82, 2.24) is 15.0 Å². The van der Waals surface area contributed by atoms with E-state index in [1.54, 1.807) is 6.20 Å². The molecule has 0 saturated heterocycles. The van der Waals surface area contributed by atoms with Gasteiger partial charge in [-0.1, -0.05) is 43.1 Å². The number of hydrogen-bond donors (Lipinski definition) is 0. The number of fused-ring (bicyclic) bond motifs is 1. The van der Waals surface area contributed by atoms with Gasteiger partial charge in [-0.15, -0.1) is 0 Å². The third-order valence-corrected chi connectivity index (χ3v) is 3.62. The molecule has 3 rings (SSSR count). The minimum absolute atomic E-state index is 0.540. The molecule has 100 valence electrons. The van der Waals surface area contributed by atoms with E-state index in [2.05, 4.69) is 34.0 Å². The van der Waals surface area contributed by atoms with Crippen LogP contribution in [0.1, 0.15) is 18.9 Å². The molecule has 0 aliphatic rings. The molecule has 2 aromatic heterocycles. The largest absolute Gasteiger partial charge is 0.256 e. The second-order valence-electron chi connectivity index (χ2n) is 4.62. The van der Waals surface area contributed by atoms with Crippen LogP contribution in [0.3, 0.4) is 0 Å². The zero-order valence-electron chi connectivity index (χ0n) is 11.2. The second-order valence-corrected chi connectivity index (χ2v) is 4.98. The first-order valence-electron chi connectivity index (χ1n) is 6.64. The number of halogens is 1. The average molecular weight is 284 g/mol. The molecule has 0 saturated carbocycles. The molecule has 0 radical (unpaired) electrons. The van der Waals surface area contributed by atoms with Gasteiger partial charge >= 0.3 is 0 Å². The number of pyridine rings is 1. The van der Waals surface area contributed by atoms with Crippen LogP contribution >= 0.6 is 11.6 Å². The van der Waals surface area contributed by atoms with Gasteiger partial charge in [-0.25, -0.2) is 9.97 Å². The van der Waals surface area contributed by atoms with Crippen LogP contribution in [0.15, 0.2) is 42.9 Å². The number of aromatic nitrogens is 3. The summed E-state index contributed by atoms with van der Waals surface area (Å²) in [4.78, 5) is 12.9. The fourth-order valence-corrected chi connectivity index (χ4v) is 2.63. The first kappa shape index (κ1) is 13.0. The molecular formula is C16H14ClN3. The van der Waals surface area contributed by atoms with E-state index in [1.165, 1.54) is 6.33 Å². The van der Waals surface area contributed by atoms with E-state index < -0.39 is 0 Å². The summed E-state index contributed by atoms with van der Waals surface area (Å²) in [5.41, 5.74) is 3.93. The Labute approximate surface area is 122 Å². The molecule has 20 heavy (non-hydrogen) atoms. The Morgan fingerprint density at radius 2 is 1.95 bits per heavy atom. The minimum Gasteiger partial charge on any atom is -0.256 e. The van der Waals surface area contributed by atoms with Crippen LogP contribution in [0.5, 0.6) is 0 Å². The smallest absolute Gasteiger partial charge is 0.136 e. The lowest BCUT2D eigenvalue weighted by atomic mass is 10.00. The highest BCUT2D eigenvalue weighted by atomic mass is 35.5. The van der Waals surface area contributed by atoms with Crippen LogP contribution in [0.25, 0.3) is 22.2 Å². The maximum absolute atomic E-state index is 6.24. The topological polar surface area (TPSA) is 38.7 Å². The molecule has 2 heterocycles. The van der Waals surface area contributed by atoms with Crippen molar-refractivity contribution in [2.24, 2.45) is 0 Å². The SMILES string of the molecule is CCCc1c(Cl)ncnc1-c1cccc2ncccc12. The van der Waals surface area contributed by atoms with Gasteiger partial charge in [-0.2, -0.15) is 0 Å². The van der Waals surface area contributed by atoms with E-state index in [0.29, 0.717) is 5.15 Å². The predicted octanol–water partition coefficient (Wildman–Crippen LogP) is 4.30. The fourth-order valence-electron chi connectivity index (χ4n) is 2.40. The molecule has 1 aromatic carbocycles. The summed E-state index contributed by atoms with van der Waals surface area (Å²) >= 11 is 6.24. The van der Waals surface area contributed by atoms with E-state index in [0.717, 1.165) is 40.6 Å². The van der Waals surface area contributed by atoms with Gasteiger partial charge in [-0.05, 0) is 18.6 Å². The third kappa shape index (κ3) is 2.25. The second kappa shape index (κ2) is 5.55. The maximum Gasteiger partial charge on any atom is 0.136 e. The molecule has 3 nitrogen and oxygen atoms in total. The summed E-state index contributed by atoms with van der Waals surface area (Å²) < 4.78 is 0. The highest BCUT2D eigenvalue weighted by Gasteiger charge is 2.13. The van der Waals surface area contributed by atoms with Crippen molar-refractivity contribution >= 4 is 22.5 Å². The Morgan fingerprint density at radius 3 is 2.80 bits per heavy atom. The normalized spacial score (nSPS) is 10.9. The van der Waals surface area contributed by atoms with Crippen LogP contribution in [0.4, 0.5) is 0 Å². The van der Waals surface area contributed by atoms with Gasteiger partial charge < -0.3 is 0 Å². The summed E-state index contributed by atoms with van der Waals surface area (Å²) in [6.45, 7) is 2.12. The maximum atomic E-state index is 6.24. The van der Waals surface area contributed by atoms with Gasteiger partial charge in [0.15, 0.2) is 0 Å². The average Bonchev–Trinajstić information content (AvgIpc) is 2.49. The molecule has 3 aromatic rings. The quantitative estimate of drug-likeness (QED) is 0.673. The molecule has 0 aliphatic carbocycles. The van der Waals surface area contributed by atoms with E-state index in [-0.39, 0.29) is 0 Å². The summed E-state index contributed by atoms with van der Waals surface area (Å²) in [5, 5.41) is 1.62. The lowest BCUT2D eigenvalue weighted by Gasteiger charge is -2.11. The third-order valence-electron chi connectivity index (χ3n) is 3.29. The van der Waals surface area contributed by atoms with Crippen LogP contribution < -0.4 is 0 Å². The Morgan fingerprint density at radius 1 is 1.05 bits per heavy atom. The van der Waals surface area contributed by atoms with E-state index in [1.807, 2.05) is 18.2 Å². The first-order valence-corrected chi connectivity index (χ1v) is 7.02. The molecule has 0 fully saturated rings. The summed E-state index contributed by atoms with van der Waals surface area (Å²) in [5.74, 6) is 0. The summed E-state index contributed by atoms with van der Waals surface area (Å²) in [6.07, 6.45) is 5.19.